The summed E-state index contributed by atoms with van der Waals surface area (Å²) in [5.74, 6) is 1.82. The SMILES string of the molecule is Cc1ccc(O)c2c1C(C)CC2NCC1CC1(C)C. The minimum Gasteiger partial charge on any atom is -0.508 e. The molecule has 0 aliphatic heterocycles. The molecule has 0 heterocycles. The van der Waals surface area contributed by atoms with E-state index < -0.39 is 0 Å². The molecular weight excluding hydrogens is 234 g/mol. The molecule has 0 saturated heterocycles. The van der Waals surface area contributed by atoms with Crippen molar-refractivity contribution < 1.29 is 5.11 Å². The zero-order valence-corrected chi connectivity index (χ0v) is 12.5. The fourth-order valence-electron chi connectivity index (χ4n) is 3.74. The summed E-state index contributed by atoms with van der Waals surface area (Å²) in [5, 5.41) is 13.9. The Labute approximate surface area is 116 Å². The first kappa shape index (κ1) is 13.0. The summed E-state index contributed by atoms with van der Waals surface area (Å²) >= 11 is 0. The summed E-state index contributed by atoms with van der Waals surface area (Å²) < 4.78 is 0. The molecular formula is C17H25NO. The highest BCUT2D eigenvalue weighted by molar-refractivity contribution is 5.50. The first-order valence-corrected chi connectivity index (χ1v) is 7.46. The minimum absolute atomic E-state index is 0.335. The van der Waals surface area contributed by atoms with Crippen molar-refractivity contribution in [3.05, 3.63) is 28.8 Å². The smallest absolute Gasteiger partial charge is 0.120 e. The highest BCUT2D eigenvalue weighted by atomic mass is 16.3. The van der Waals surface area contributed by atoms with Crippen LogP contribution in [0.3, 0.4) is 0 Å². The molecule has 1 aromatic carbocycles. The Morgan fingerprint density at radius 1 is 1.32 bits per heavy atom. The van der Waals surface area contributed by atoms with E-state index in [-0.39, 0.29) is 0 Å². The molecule has 0 spiro atoms. The van der Waals surface area contributed by atoms with Crippen LogP contribution in [0.4, 0.5) is 0 Å². The maximum Gasteiger partial charge on any atom is 0.120 e. The molecule has 0 radical (unpaired) electrons. The van der Waals surface area contributed by atoms with Gasteiger partial charge in [0.15, 0.2) is 0 Å². The van der Waals surface area contributed by atoms with Gasteiger partial charge in [0, 0.05) is 11.6 Å². The Morgan fingerprint density at radius 3 is 2.63 bits per heavy atom. The Kier molecular flexibility index (Phi) is 2.90. The van der Waals surface area contributed by atoms with Gasteiger partial charge in [-0.05, 0) is 60.8 Å². The third kappa shape index (κ3) is 2.16. The second kappa shape index (κ2) is 4.24. The van der Waals surface area contributed by atoms with Crippen LogP contribution in [-0.2, 0) is 0 Å². The van der Waals surface area contributed by atoms with Gasteiger partial charge in [0.25, 0.3) is 0 Å². The Morgan fingerprint density at radius 2 is 2.00 bits per heavy atom. The molecule has 3 atom stereocenters. The van der Waals surface area contributed by atoms with Gasteiger partial charge in [-0.3, -0.25) is 0 Å². The molecule has 1 fully saturated rings. The first-order chi connectivity index (χ1) is 8.90. The molecule has 2 nitrogen and oxygen atoms in total. The van der Waals surface area contributed by atoms with Crippen LogP contribution in [0.5, 0.6) is 5.75 Å². The zero-order chi connectivity index (χ0) is 13.8. The molecule has 1 saturated carbocycles. The largest absolute Gasteiger partial charge is 0.508 e. The maximum absolute atomic E-state index is 10.2. The first-order valence-electron chi connectivity index (χ1n) is 7.46. The van der Waals surface area contributed by atoms with Gasteiger partial charge in [0.05, 0.1) is 0 Å². The predicted molar refractivity (Wildman–Crippen MR) is 78.5 cm³/mol. The lowest BCUT2D eigenvalue weighted by atomic mass is 9.97. The lowest BCUT2D eigenvalue weighted by Crippen LogP contribution is -2.23. The van der Waals surface area contributed by atoms with Crippen molar-refractivity contribution in [2.45, 2.75) is 52.5 Å². The molecule has 19 heavy (non-hydrogen) atoms. The number of fused-ring (bicyclic) bond motifs is 1. The van der Waals surface area contributed by atoms with Crippen molar-refractivity contribution in [2.24, 2.45) is 11.3 Å². The molecule has 2 heteroatoms. The molecule has 0 aromatic heterocycles. The fourth-order valence-corrected chi connectivity index (χ4v) is 3.74. The zero-order valence-electron chi connectivity index (χ0n) is 12.5. The summed E-state index contributed by atoms with van der Waals surface area (Å²) in [6.07, 6.45) is 2.44. The van der Waals surface area contributed by atoms with Crippen molar-refractivity contribution in [3.8, 4) is 5.75 Å². The Bertz CT molecular complexity index is 506. The van der Waals surface area contributed by atoms with E-state index in [1.54, 1.807) is 0 Å². The van der Waals surface area contributed by atoms with E-state index in [1.165, 1.54) is 17.5 Å². The third-order valence-electron chi connectivity index (χ3n) is 5.24. The van der Waals surface area contributed by atoms with Crippen LogP contribution in [0.25, 0.3) is 0 Å². The van der Waals surface area contributed by atoms with Gasteiger partial charge >= 0.3 is 0 Å². The number of aryl methyl sites for hydroxylation is 1. The maximum atomic E-state index is 10.2. The molecule has 2 aliphatic rings. The van der Waals surface area contributed by atoms with Crippen LogP contribution in [0.2, 0.25) is 0 Å². The van der Waals surface area contributed by atoms with E-state index in [9.17, 15) is 5.11 Å². The molecule has 3 rings (SSSR count). The van der Waals surface area contributed by atoms with Crippen LogP contribution >= 0.6 is 0 Å². The van der Waals surface area contributed by atoms with Gasteiger partial charge in [-0.25, -0.2) is 0 Å². The monoisotopic (exact) mass is 259 g/mol. The fraction of sp³-hybridized carbons (Fsp3) is 0.647. The third-order valence-corrected chi connectivity index (χ3v) is 5.24. The second-order valence-corrected chi connectivity index (χ2v) is 7.22. The summed E-state index contributed by atoms with van der Waals surface area (Å²) in [7, 11) is 0. The van der Waals surface area contributed by atoms with Crippen molar-refractivity contribution in [1.82, 2.24) is 5.32 Å². The van der Waals surface area contributed by atoms with Crippen LogP contribution in [-0.4, -0.2) is 11.7 Å². The van der Waals surface area contributed by atoms with Crippen LogP contribution < -0.4 is 5.32 Å². The lowest BCUT2D eigenvalue weighted by molar-refractivity contribution is 0.430. The van der Waals surface area contributed by atoms with Crippen molar-refractivity contribution >= 4 is 0 Å². The number of benzene rings is 1. The number of rotatable bonds is 3. The summed E-state index contributed by atoms with van der Waals surface area (Å²) in [6, 6.07) is 4.22. The second-order valence-electron chi connectivity index (χ2n) is 7.22. The number of hydrogen-bond donors (Lipinski definition) is 2. The van der Waals surface area contributed by atoms with E-state index in [4.69, 9.17) is 0 Å². The van der Waals surface area contributed by atoms with Gasteiger partial charge in [-0.15, -0.1) is 0 Å². The molecule has 2 aliphatic carbocycles. The highest BCUT2D eigenvalue weighted by Gasteiger charge is 2.45. The molecule has 3 unspecified atom stereocenters. The van der Waals surface area contributed by atoms with Crippen LogP contribution in [0.1, 0.15) is 62.3 Å². The predicted octanol–water partition coefficient (Wildman–Crippen LogP) is 3.88. The topological polar surface area (TPSA) is 32.3 Å². The van der Waals surface area contributed by atoms with E-state index in [1.807, 2.05) is 12.1 Å². The minimum atomic E-state index is 0.335. The summed E-state index contributed by atoms with van der Waals surface area (Å²) in [5.41, 5.74) is 4.36. The number of hydrogen-bond acceptors (Lipinski definition) is 2. The number of nitrogens with one attached hydrogen (secondary N) is 1. The number of phenols is 1. The quantitative estimate of drug-likeness (QED) is 0.863. The Balaban J connectivity index is 1.78. The Hall–Kier alpha value is -1.02. The molecule has 104 valence electrons. The van der Waals surface area contributed by atoms with E-state index in [0.29, 0.717) is 23.1 Å². The average molecular weight is 259 g/mol. The molecule has 2 N–H and O–H groups in total. The standard InChI is InChI=1S/C17H25NO/c1-10-5-6-14(19)16-13(7-11(2)15(10)16)18-9-12-8-17(12,3)4/h5-6,11-13,18-19H,7-9H2,1-4H3. The molecule has 1 aromatic rings. The number of phenolic OH excluding ortho intramolecular Hbond substituents is 1. The number of aromatic hydroxyl groups is 1. The highest BCUT2D eigenvalue weighted by Crippen LogP contribution is 2.52. The lowest BCUT2D eigenvalue weighted by Gasteiger charge is -2.16. The van der Waals surface area contributed by atoms with Crippen LogP contribution in [0.15, 0.2) is 12.1 Å². The van der Waals surface area contributed by atoms with E-state index >= 15 is 0 Å². The van der Waals surface area contributed by atoms with Crippen molar-refractivity contribution in [3.63, 3.8) is 0 Å². The van der Waals surface area contributed by atoms with Gasteiger partial charge in [0.2, 0.25) is 0 Å². The normalized spacial score (nSPS) is 31.3. The van der Waals surface area contributed by atoms with Crippen LogP contribution in [0, 0.1) is 18.3 Å². The van der Waals surface area contributed by atoms with Crippen molar-refractivity contribution in [2.75, 3.05) is 6.54 Å². The van der Waals surface area contributed by atoms with E-state index in [2.05, 4.69) is 33.0 Å². The van der Waals surface area contributed by atoms with E-state index in [0.717, 1.165) is 24.4 Å². The summed E-state index contributed by atoms with van der Waals surface area (Å²) in [4.78, 5) is 0. The van der Waals surface area contributed by atoms with Gasteiger partial charge in [-0.2, -0.15) is 0 Å². The molecule has 0 amide bonds. The molecule has 0 bridgehead atoms. The van der Waals surface area contributed by atoms with Gasteiger partial charge in [0.1, 0.15) is 5.75 Å². The van der Waals surface area contributed by atoms with Gasteiger partial charge < -0.3 is 10.4 Å². The van der Waals surface area contributed by atoms with Crippen molar-refractivity contribution in [1.29, 1.82) is 0 Å². The average Bonchev–Trinajstić information content (AvgIpc) is 2.79. The van der Waals surface area contributed by atoms with Gasteiger partial charge in [-0.1, -0.05) is 26.8 Å². The summed E-state index contributed by atoms with van der Waals surface area (Å²) in [6.45, 7) is 10.2.